The second kappa shape index (κ2) is 6.22. The van der Waals surface area contributed by atoms with Crippen molar-refractivity contribution in [3.05, 3.63) is 0 Å². The Morgan fingerprint density at radius 2 is 2.00 bits per heavy atom. The number of hydrogen-bond donors (Lipinski definition) is 2. The highest BCUT2D eigenvalue weighted by Crippen LogP contribution is 2.41. The number of carbonyl (C=O) groups is 1. The molecule has 1 aliphatic carbocycles. The average Bonchev–Trinajstić information content (AvgIpc) is 3.17. The van der Waals surface area contributed by atoms with E-state index < -0.39 is 21.3 Å². The van der Waals surface area contributed by atoms with Crippen molar-refractivity contribution in [1.29, 1.82) is 0 Å². The summed E-state index contributed by atoms with van der Waals surface area (Å²) in [5, 5.41) is 13.0. The maximum Gasteiger partial charge on any atom is 0.325 e. The molecule has 0 aromatic rings. The van der Waals surface area contributed by atoms with Gasteiger partial charge in [0, 0.05) is 19.1 Å². The van der Waals surface area contributed by atoms with E-state index >= 15 is 0 Å². The summed E-state index contributed by atoms with van der Waals surface area (Å²) in [7, 11) is -2.97. The maximum absolute atomic E-state index is 11.9. The lowest BCUT2D eigenvalue weighted by Gasteiger charge is -2.37. The zero-order valence-corrected chi connectivity index (χ0v) is 13.7. The molecule has 122 valence electrons. The van der Waals surface area contributed by atoms with Gasteiger partial charge in [-0.25, -0.2) is 8.42 Å². The Bertz CT molecular complexity index is 487. The fourth-order valence-electron chi connectivity index (χ4n) is 3.19. The van der Waals surface area contributed by atoms with Crippen LogP contribution in [0.1, 0.15) is 33.1 Å². The third-order valence-electron chi connectivity index (χ3n) is 4.32. The Labute approximate surface area is 126 Å². The van der Waals surface area contributed by atoms with Crippen molar-refractivity contribution in [3.8, 4) is 0 Å². The van der Waals surface area contributed by atoms with Gasteiger partial charge in [-0.15, -0.1) is 0 Å². The highest BCUT2D eigenvalue weighted by atomic mass is 32.2. The van der Waals surface area contributed by atoms with Gasteiger partial charge >= 0.3 is 5.97 Å². The number of aliphatic carboxylic acids is 1. The average molecular weight is 318 g/mol. The van der Waals surface area contributed by atoms with E-state index in [0.717, 1.165) is 12.8 Å². The standard InChI is InChI=1S/C14H26N2O4S/c1-11(2)15-14(13(17)18,12-4-5-12)10-16-6-3-8-21(19,20)9-7-16/h11-12,15H,3-10H2,1-2H3,(H,17,18). The molecule has 0 amide bonds. The van der Waals surface area contributed by atoms with Crippen LogP contribution >= 0.6 is 0 Å². The monoisotopic (exact) mass is 318 g/mol. The molecule has 0 aromatic heterocycles. The molecule has 6 nitrogen and oxygen atoms in total. The van der Waals surface area contributed by atoms with Crippen LogP contribution in [0.2, 0.25) is 0 Å². The van der Waals surface area contributed by atoms with E-state index in [-0.39, 0.29) is 23.5 Å². The molecule has 2 aliphatic rings. The highest BCUT2D eigenvalue weighted by molar-refractivity contribution is 7.91. The Morgan fingerprint density at radius 1 is 1.33 bits per heavy atom. The Kier molecular flexibility index (Phi) is 4.95. The topological polar surface area (TPSA) is 86.7 Å². The van der Waals surface area contributed by atoms with Crippen LogP contribution in [0, 0.1) is 5.92 Å². The summed E-state index contributed by atoms with van der Waals surface area (Å²) >= 11 is 0. The SMILES string of the molecule is CC(C)NC(CN1CCCS(=O)(=O)CC1)(C(=O)O)C1CC1. The van der Waals surface area contributed by atoms with Crippen LogP contribution in [-0.2, 0) is 14.6 Å². The molecular formula is C14H26N2O4S. The third-order valence-corrected chi connectivity index (χ3v) is 6.04. The van der Waals surface area contributed by atoms with E-state index in [2.05, 4.69) is 5.32 Å². The smallest absolute Gasteiger partial charge is 0.325 e. The molecular weight excluding hydrogens is 292 g/mol. The lowest BCUT2D eigenvalue weighted by atomic mass is 9.91. The van der Waals surface area contributed by atoms with Gasteiger partial charge in [-0.2, -0.15) is 0 Å². The molecule has 1 unspecified atom stereocenters. The van der Waals surface area contributed by atoms with E-state index in [9.17, 15) is 18.3 Å². The molecule has 0 bridgehead atoms. The van der Waals surface area contributed by atoms with Gasteiger partial charge in [-0.1, -0.05) is 0 Å². The maximum atomic E-state index is 11.9. The second-order valence-corrected chi connectivity index (χ2v) is 8.93. The normalized spacial score (nSPS) is 26.2. The van der Waals surface area contributed by atoms with Crippen LogP contribution < -0.4 is 5.32 Å². The minimum Gasteiger partial charge on any atom is -0.480 e. The minimum absolute atomic E-state index is 0.0809. The molecule has 21 heavy (non-hydrogen) atoms. The number of carboxylic acid groups (broad SMARTS) is 1. The number of nitrogens with zero attached hydrogens (tertiary/aromatic N) is 1. The number of carboxylic acids is 1. The van der Waals surface area contributed by atoms with Crippen molar-refractivity contribution < 1.29 is 18.3 Å². The summed E-state index contributed by atoms with van der Waals surface area (Å²) in [6, 6.07) is 0.0809. The molecule has 1 atom stereocenters. The molecule has 2 fully saturated rings. The first-order chi connectivity index (χ1) is 9.75. The minimum atomic E-state index is -2.97. The van der Waals surface area contributed by atoms with Gasteiger partial charge in [-0.05, 0) is 45.6 Å². The summed E-state index contributed by atoms with van der Waals surface area (Å²) in [4.78, 5) is 13.9. The van der Waals surface area contributed by atoms with Gasteiger partial charge in [0.25, 0.3) is 0 Å². The van der Waals surface area contributed by atoms with Gasteiger partial charge in [-0.3, -0.25) is 15.0 Å². The van der Waals surface area contributed by atoms with Crippen molar-refractivity contribution in [3.63, 3.8) is 0 Å². The van der Waals surface area contributed by atoms with Crippen molar-refractivity contribution in [1.82, 2.24) is 10.2 Å². The van der Waals surface area contributed by atoms with Gasteiger partial charge in [0.15, 0.2) is 9.84 Å². The fourth-order valence-corrected chi connectivity index (χ4v) is 4.50. The quantitative estimate of drug-likeness (QED) is 0.734. The van der Waals surface area contributed by atoms with Crippen LogP contribution in [0.4, 0.5) is 0 Å². The van der Waals surface area contributed by atoms with Crippen LogP contribution in [0.3, 0.4) is 0 Å². The molecule has 1 saturated heterocycles. The number of hydrogen-bond acceptors (Lipinski definition) is 5. The first kappa shape index (κ1) is 16.7. The Morgan fingerprint density at radius 3 is 2.52 bits per heavy atom. The zero-order valence-electron chi connectivity index (χ0n) is 12.8. The third kappa shape index (κ3) is 4.17. The number of nitrogens with one attached hydrogen (secondary N) is 1. The fraction of sp³-hybridized carbons (Fsp3) is 0.929. The zero-order chi connectivity index (χ0) is 15.7. The first-order valence-corrected chi connectivity index (χ1v) is 9.51. The number of sulfone groups is 1. The lowest BCUT2D eigenvalue weighted by Crippen LogP contribution is -2.62. The summed E-state index contributed by atoms with van der Waals surface area (Å²) in [5.41, 5.74) is -0.942. The van der Waals surface area contributed by atoms with Crippen LogP contribution in [0.25, 0.3) is 0 Å². The molecule has 0 aromatic carbocycles. The largest absolute Gasteiger partial charge is 0.480 e. The van der Waals surface area contributed by atoms with Gasteiger partial charge in [0.1, 0.15) is 5.54 Å². The first-order valence-electron chi connectivity index (χ1n) is 7.69. The molecule has 1 saturated carbocycles. The summed E-state index contributed by atoms with van der Waals surface area (Å²) in [6.07, 6.45) is 2.45. The van der Waals surface area contributed by atoms with Gasteiger partial charge in [0.2, 0.25) is 0 Å². The molecule has 0 spiro atoms. The van der Waals surface area contributed by atoms with Crippen molar-refractivity contribution in [2.45, 2.75) is 44.7 Å². The molecule has 7 heteroatoms. The molecule has 1 aliphatic heterocycles. The predicted octanol–water partition coefficient (Wildman–Crippen LogP) is 0.338. The van der Waals surface area contributed by atoms with Gasteiger partial charge < -0.3 is 5.11 Å². The second-order valence-electron chi connectivity index (χ2n) is 6.63. The lowest BCUT2D eigenvalue weighted by molar-refractivity contribution is -0.147. The predicted molar refractivity (Wildman–Crippen MR) is 81.1 cm³/mol. The summed E-state index contributed by atoms with van der Waals surface area (Å²) in [5.74, 6) is -0.317. The summed E-state index contributed by atoms with van der Waals surface area (Å²) in [6.45, 7) is 5.38. The van der Waals surface area contributed by atoms with Crippen molar-refractivity contribution in [2.24, 2.45) is 5.92 Å². The van der Waals surface area contributed by atoms with E-state index in [1.165, 1.54) is 0 Å². The summed E-state index contributed by atoms with van der Waals surface area (Å²) < 4.78 is 23.4. The molecule has 1 heterocycles. The van der Waals surface area contributed by atoms with Crippen LogP contribution in [0.15, 0.2) is 0 Å². The van der Waals surface area contributed by atoms with E-state index in [0.29, 0.717) is 26.1 Å². The van der Waals surface area contributed by atoms with Crippen LogP contribution in [0.5, 0.6) is 0 Å². The van der Waals surface area contributed by atoms with Crippen molar-refractivity contribution in [2.75, 3.05) is 31.1 Å². The van der Waals surface area contributed by atoms with E-state index in [1.807, 2.05) is 18.7 Å². The van der Waals surface area contributed by atoms with Crippen molar-refractivity contribution >= 4 is 15.8 Å². The Hall–Kier alpha value is -0.660. The van der Waals surface area contributed by atoms with Gasteiger partial charge in [0.05, 0.1) is 11.5 Å². The number of rotatable bonds is 6. The molecule has 0 radical (unpaired) electrons. The Balaban J connectivity index is 2.13. The van der Waals surface area contributed by atoms with E-state index in [1.54, 1.807) is 0 Å². The molecule has 2 N–H and O–H groups in total. The highest BCUT2D eigenvalue weighted by Gasteiger charge is 2.52. The molecule has 2 rings (SSSR count). The van der Waals surface area contributed by atoms with Crippen LogP contribution in [-0.4, -0.2) is 67.1 Å². The van der Waals surface area contributed by atoms with E-state index in [4.69, 9.17) is 0 Å².